The topological polar surface area (TPSA) is 12.0 Å². The lowest BCUT2D eigenvalue weighted by Gasteiger charge is -2.27. The van der Waals surface area contributed by atoms with E-state index in [1.54, 1.807) is 0 Å². The number of halogens is 2. The monoisotopic (exact) mass is 277 g/mol. The second-order valence-corrected chi connectivity index (χ2v) is 5.32. The van der Waals surface area contributed by atoms with Crippen molar-refractivity contribution in [3.8, 4) is 0 Å². The first-order chi connectivity index (χ1) is 8.75. The molecule has 1 atom stereocenters. The van der Waals surface area contributed by atoms with Crippen LogP contribution in [0.5, 0.6) is 0 Å². The van der Waals surface area contributed by atoms with Gasteiger partial charge >= 0.3 is 0 Å². The molecule has 1 unspecified atom stereocenters. The van der Waals surface area contributed by atoms with Crippen LogP contribution in [-0.2, 0) is 6.42 Å². The second-order valence-electron chi connectivity index (χ2n) is 4.51. The van der Waals surface area contributed by atoms with Crippen LogP contribution in [0, 0.1) is 0 Å². The van der Waals surface area contributed by atoms with Crippen molar-refractivity contribution >= 4 is 23.2 Å². The fourth-order valence-electron chi connectivity index (χ4n) is 2.49. The van der Waals surface area contributed by atoms with Crippen molar-refractivity contribution < 1.29 is 0 Å². The Morgan fingerprint density at radius 2 is 1.83 bits per heavy atom. The van der Waals surface area contributed by atoms with Crippen molar-refractivity contribution in [1.82, 2.24) is 5.32 Å². The molecule has 0 bridgehead atoms. The summed E-state index contributed by atoms with van der Waals surface area (Å²) >= 11 is 12.1. The summed E-state index contributed by atoms with van der Waals surface area (Å²) in [7, 11) is 0. The molecule has 1 nitrogen and oxygen atoms in total. The summed E-state index contributed by atoms with van der Waals surface area (Å²) in [6.07, 6.45) is 1.08. The van der Waals surface area contributed by atoms with Crippen LogP contribution in [0.1, 0.15) is 22.7 Å². The molecule has 1 heterocycles. The lowest BCUT2D eigenvalue weighted by molar-refractivity contribution is 0.568. The smallest absolute Gasteiger partial charge is 0.0595 e. The molecular weight excluding hydrogens is 265 g/mol. The Hall–Kier alpha value is -1.02. The molecule has 3 rings (SSSR count). The van der Waals surface area contributed by atoms with Gasteiger partial charge in [-0.2, -0.15) is 0 Å². The van der Waals surface area contributed by atoms with Gasteiger partial charge in [0.1, 0.15) is 0 Å². The molecule has 0 aliphatic carbocycles. The fraction of sp³-hybridized carbons (Fsp3) is 0.200. The molecular formula is C15H13Cl2N. The van der Waals surface area contributed by atoms with Crippen LogP contribution in [0.2, 0.25) is 10.0 Å². The Kier molecular flexibility index (Phi) is 3.29. The van der Waals surface area contributed by atoms with E-state index in [2.05, 4.69) is 29.6 Å². The number of nitrogens with one attached hydrogen (secondary N) is 1. The van der Waals surface area contributed by atoms with Gasteiger partial charge in [0.05, 0.1) is 16.1 Å². The molecule has 2 aromatic carbocycles. The van der Waals surface area contributed by atoms with Gasteiger partial charge < -0.3 is 5.32 Å². The average Bonchev–Trinajstić information content (AvgIpc) is 2.41. The van der Waals surface area contributed by atoms with Crippen molar-refractivity contribution in [2.75, 3.05) is 6.54 Å². The first kappa shape index (κ1) is 12.0. The zero-order valence-electron chi connectivity index (χ0n) is 9.79. The first-order valence-corrected chi connectivity index (χ1v) is 6.77. The Morgan fingerprint density at radius 1 is 1.00 bits per heavy atom. The standard InChI is InChI=1S/C15H13Cl2N/c16-13-6-5-11(9-14(13)17)15-12-4-2-1-3-10(12)7-8-18-15/h1-6,9,15,18H,7-8H2. The van der Waals surface area contributed by atoms with Gasteiger partial charge in [0.2, 0.25) is 0 Å². The zero-order valence-corrected chi connectivity index (χ0v) is 11.3. The molecule has 1 aliphatic heterocycles. The molecule has 0 spiro atoms. The molecule has 0 amide bonds. The highest BCUT2D eigenvalue weighted by Gasteiger charge is 2.21. The van der Waals surface area contributed by atoms with Crippen molar-refractivity contribution in [3.63, 3.8) is 0 Å². The van der Waals surface area contributed by atoms with Crippen LogP contribution >= 0.6 is 23.2 Å². The van der Waals surface area contributed by atoms with Gasteiger partial charge in [0.15, 0.2) is 0 Å². The third kappa shape index (κ3) is 2.14. The summed E-state index contributed by atoms with van der Waals surface area (Å²) in [5.41, 5.74) is 3.91. The van der Waals surface area contributed by atoms with Crippen LogP contribution in [0.4, 0.5) is 0 Å². The number of rotatable bonds is 1. The van der Waals surface area contributed by atoms with E-state index in [0.717, 1.165) is 18.5 Å². The Morgan fingerprint density at radius 3 is 2.67 bits per heavy atom. The maximum atomic E-state index is 6.10. The molecule has 1 aliphatic rings. The largest absolute Gasteiger partial charge is 0.306 e. The van der Waals surface area contributed by atoms with Crippen LogP contribution in [-0.4, -0.2) is 6.54 Å². The first-order valence-electron chi connectivity index (χ1n) is 6.02. The number of hydrogen-bond donors (Lipinski definition) is 1. The number of benzene rings is 2. The van der Waals surface area contributed by atoms with Crippen LogP contribution in [0.25, 0.3) is 0 Å². The van der Waals surface area contributed by atoms with E-state index in [4.69, 9.17) is 23.2 Å². The molecule has 0 saturated heterocycles. The maximum absolute atomic E-state index is 6.10. The SMILES string of the molecule is Clc1ccc(C2NCCc3ccccc32)cc1Cl. The minimum absolute atomic E-state index is 0.213. The van der Waals surface area contributed by atoms with Crippen molar-refractivity contribution in [3.05, 3.63) is 69.2 Å². The number of hydrogen-bond acceptors (Lipinski definition) is 1. The average molecular weight is 278 g/mol. The van der Waals surface area contributed by atoms with Gasteiger partial charge in [0.25, 0.3) is 0 Å². The quantitative estimate of drug-likeness (QED) is 0.823. The van der Waals surface area contributed by atoms with E-state index >= 15 is 0 Å². The van der Waals surface area contributed by atoms with E-state index < -0.39 is 0 Å². The minimum atomic E-state index is 0.213. The summed E-state index contributed by atoms with van der Waals surface area (Å²) in [4.78, 5) is 0. The highest BCUT2D eigenvalue weighted by atomic mass is 35.5. The van der Waals surface area contributed by atoms with Crippen LogP contribution in [0.15, 0.2) is 42.5 Å². The van der Waals surface area contributed by atoms with Crippen molar-refractivity contribution in [2.45, 2.75) is 12.5 Å². The van der Waals surface area contributed by atoms with Crippen LogP contribution in [0.3, 0.4) is 0 Å². The lowest BCUT2D eigenvalue weighted by atomic mass is 9.90. The predicted molar refractivity (Wildman–Crippen MR) is 76.5 cm³/mol. The Labute approximate surface area is 117 Å². The van der Waals surface area contributed by atoms with Crippen LogP contribution < -0.4 is 5.32 Å². The molecule has 18 heavy (non-hydrogen) atoms. The maximum Gasteiger partial charge on any atom is 0.0595 e. The zero-order chi connectivity index (χ0) is 12.5. The molecule has 3 heteroatoms. The summed E-state index contributed by atoms with van der Waals surface area (Å²) in [6, 6.07) is 14.6. The minimum Gasteiger partial charge on any atom is -0.306 e. The summed E-state index contributed by atoms with van der Waals surface area (Å²) < 4.78 is 0. The number of fused-ring (bicyclic) bond motifs is 1. The summed E-state index contributed by atoms with van der Waals surface area (Å²) in [5.74, 6) is 0. The normalized spacial score (nSPS) is 18.4. The molecule has 0 fully saturated rings. The van der Waals surface area contributed by atoms with E-state index in [0.29, 0.717) is 10.0 Å². The molecule has 2 aromatic rings. The molecule has 0 aromatic heterocycles. The fourth-order valence-corrected chi connectivity index (χ4v) is 2.80. The predicted octanol–water partition coefficient (Wildman–Crippen LogP) is 4.23. The summed E-state index contributed by atoms with van der Waals surface area (Å²) in [5, 5.41) is 4.75. The van der Waals surface area contributed by atoms with E-state index in [-0.39, 0.29) is 6.04 Å². The highest BCUT2D eigenvalue weighted by Crippen LogP contribution is 2.32. The molecule has 0 radical (unpaired) electrons. The third-order valence-corrected chi connectivity index (χ3v) is 4.12. The van der Waals surface area contributed by atoms with Gasteiger partial charge in [-0.3, -0.25) is 0 Å². The molecule has 1 N–H and O–H groups in total. The van der Waals surface area contributed by atoms with Crippen molar-refractivity contribution in [2.24, 2.45) is 0 Å². The van der Waals surface area contributed by atoms with E-state index in [9.17, 15) is 0 Å². The van der Waals surface area contributed by atoms with E-state index in [1.807, 2.05) is 18.2 Å². The Balaban J connectivity index is 2.05. The van der Waals surface area contributed by atoms with E-state index in [1.165, 1.54) is 11.1 Å². The molecule has 92 valence electrons. The van der Waals surface area contributed by atoms with Gasteiger partial charge in [-0.05, 0) is 35.2 Å². The van der Waals surface area contributed by atoms with Gasteiger partial charge in [-0.1, -0.05) is 53.5 Å². The third-order valence-electron chi connectivity index (χ3n) is 3.39. The second kappa shape index (κ2) is 4.93. The van der Waals surface area contributed by atoms with Gasteiger partial charge in [0, 0.05) is 6.54 Å². The van der Waals surface area contributed by atoms with Crippen molar-refractivity contribution in [1.29, 1.82) is 0 Å². The lowest BCUT2D eigenvalue weighted by Crippen LogP contribution is -2.30. The summed E-state index contributed by atoms with van der Waals surface area (Å²) in [6.45, 7) is 0.988. The van der Waals surface area contributed by atoms with Gasteiger partial charge in [-0.25, -0.2) is 0 Å². The molecule has 0 saturated carbocycles. The van der Waals surface area contributed by atoms with Gasteiger partial charge in [-0.15, -0.1) is 0 Å². The Bertz CT molecular complexity index is 580. The highest BCUT2D eigenvalue weighted by molar-refractivity contribution is 6.42.